The number of nitro groups is 2. The molecule has 0 atom stereocenters. The first kappa shape index (κ1) is 17.9. The molecule has 0 saturated carbocycles. The van der Waals surface area contributed by atoms with Crippen molar-refractivity contribution in [1.82, 2.24) is 0 Å². The normalized spacial score (nSPS) is 9.48. The van der Waals surface area contributed by atoms with Crippen LogP contribution in [-0.4, -0.2) is 9.85 Å². The van der Waals surface area contributed by atoms with Crippen LogP contribution in [0.1, 0.15) is 20.9 Å². The van der Waals surface area contributed by atoms with Crippen molar-refractivity contribution in [2.75, 3.05) is 0 Å². The van der Waals surface area contributed by atoms with Gasteiger partial charge in [-0.2, -0.15) is 0 Å². The van der Waals surface area contributed by atoms with Gasteiger partial charge in [-0.3, -0.25) is 20.2 Å². The van der Waals surface area contributed by atoms with Crippen LogP contribution in [0.2, 0.25) is 0 Å². The molecule has 0 aliphatic carbocycles. The topological polar surface area (TPSA) is 86.3 Å². The Labute approximate surface area is 158 Å². The molecule has 27 heavy (non-hydrogen) atoms. The SMILES string of the molecule is O=[N+]([O-])c1ccc(C#Cc2ccc(C#Cc3ccc([N+](=O)[O-])cc3)s2)cc1. The summed E-state index contributed by atoms with van der Waals surface area (Å²) in [5, 5.41) is 21.3. The third kappa shape index (κ3) is 4.79. The minimum atomic E-state index is -0.452. The molecule has 1 heterocycles. The van der Waals surface area contributed by atoms with Crippen LogP contribution in [0.25, 0.3) is 0 Å². The molecule has 6 nitrogen and oxygen atoms in total. The van der Waals surface area contributed by atoms with Crippen LogP contribution in [-0.2, 0) is 0 Å². The Hall–Kier alpha value is -3.94. The summed E-state index contributed by atoms with van der Waals surface area (Å²) in [6.45, 7) is 0. The van der Waals surface area contributed by atoms with Crippen LogP contribution < -0.4 is 0 Å². The van der Waals surface area contributed by atoms with E-state index in [-0.39, 0.29) is 11.4 Å². The summed E-state index contributed by atoms with van der Waals surface area (Å²) in [7, 11) is 0. The van der Waals surface area contributed by atoms with E-state index in [9.17, 15) is 20.2 Å². The van der Waals surface area contributed by atoms with Crippen molar-refractivity contribution < 1.29 is 9.85 Å². The van der Waals surface area contributed by atoms with Crippen molar-refractivity contribution in [3.63, 3.8) is 0 Å². The van der Waals surface area contributed by atoms with E-state index in [1.165, 1.54) is 35.6 Å². The number of thiophene rings is 1. The number of non-ortho nitro benzene ring substituents is 2. The third-order valence-corrected chi connectivity index (χ3v) is 4.34. The highest BCUT2D eigenvalue weighted by molar-refractivity contribution is 7.13. The Morgan fingerprint density at radius 1 is 0.593 bits per heavy atom. The molecule has 0 saturated heterocycles. The van der Waals surface area contributed by atoms with E-state index in [1.807, 2.05) is 12.1 Å². The van der Waals surface area contributed by atoms with Crippen molar-refractivity contribution in [3.8, 4) is 23.7 Å². The standard InChI is InChI=1S/C20H10N2O4S/c23-21(24)17-7-1-15(2-8-17)5-11-19-13-14-20(27-19)12-6-16-3-9-18(10-4-16)22(25)26/h1-4,7-10,13-14H. The van der Waals surface area contributed by atoms with Crippen LogP contribution >= 0.6 is 11.3 Å². The zero-order valence-electron chi connectivity index (χ0n) is 13.7. The molecule has 0 bridgehead atoms. The molecular formula is C20H10N2O4S. The predicted octanol–water partition coefficient (Wildman–Crippen LogP) is 4.36. The van der Waals surface area contributed by atoms with E-state index in [1.54, 1.807) is 24.3 Å². The van der Waals surface area contributed by atoms with Gasteiger partial charge in [-0.15, -0.1) is 11.3 Å². The maximum atomic E-state index is 10.6. The molecule has 2 aromatic carbocycles. The van der Waals surface area contributed by atoms with E-state index in [0.29, 0.717) is 11.1 Å². The highest BCUT2D eigenvalue weighted by Crippen LogP contribution is 2.16. The Morgan fingerprint density at radius 2 is 0.963 bits per heavy atom. The summed E-state index contributed by atoms with van der Waals surface area (Å²) >= 11 is 1.42. The number of benzene rings is 2. The summed E-state index contributed by atoms with van der Waals surface area (Å²) in [6, 6.07) is 15.8. The predicted molar refractivity (Wildman–Crippen MR) is 102 cm³/mol. The van der Waals surface area contributed by atoms with Gasteiger partial charge in [0.15, 0.2) is 0 Å². The second-order valence-corrected chi connectivity index (χ2v) is 6.36. The van der Waals surface area contributed by atoms with E-state index < -0.39 is 9.85 Å². The van der Waals surface area contributed by atoms with Gasteiger partial charge in [-0.1, -0.05) is 23.7 Å². The molecule has 0 fully saturated rings. The second kappa shape index (κ2) is 7.96. The molecule has 0 radical (unpaired) electrons. The molecule has 3 aromatic rings. The summed E-state index contributed by atoms with van der Waals surface area (Å²) in [5.74, 6) is 11.9. The van der Waals surface area contributed by atoms with Gasteiger partial charge < -0.3 is 0 Å². The average molecular weight is 374 g/mol. The smallest absolute Gasteiger partial charge is 0.258 e. The average Bonchev–Trinajstić information content (AvgIpc) is 3.13. The van der Waals surface area contributed by atoms with Gasteiger partial charge in [0.05, 0.1) is 19.6 Å². The van der Waals surface area contributed by atoms with Crippen LogP contribution in [0.15, 0.2) is 60.7 Å². The molecule has 0 unspecified atom stereocenters. The molecule has 0 aliphatic rings. The van der Waals surface area contributed by atoms with Crippen LogP contribution in [0, 0.1) is 43.9 Å². The van der Waals surface area contributed by atoms with Crippen LogP contribution in [0.4, 0.5) is 11.4 Å². The first-order valence-electron chi connectivity index (χ1n) is 7.64. The number of nitro benzene ring substituents is 2. The van der Waals surface area contributed by atoms with Gasteiger partial charge >= 0.3 is 0 Å². The second-order valence-electron chi connectivity index (χ2n) is 5.27. The maximum Gasteiger partial charge on any atom is 0.269 e. The van der Waals surface area contributed by atoms with Crippen molar-refractivity contribution in [2.45, 2.75) is 0 Å². The Bertz CT molecular complexity index is 1030. The van der Waals surface area contributed by atoms with Crippen molar-refractivity contribution in [2.24, 2.45) is 0 Å². The Morgan fingerprint density at radius 3 is 1.30 bits per heavy atom. The fourth-order valence-corrected chi connectivity index (χ4v) is 2.79. The van der Waals surface area contributed by atoms with Crippen molar-refractivity contribution in [1.29, 1.82) is 0 Å². The summed E-state index contributed by atoms with van der Waals surface area (Å²) < 4.78 is 0. The van der Waals surface area contributed by atoms with Gasteiger partial charge in [0.25, 0.3) is 11.4 Å². The minimum Gasteiger partial charge on any atom is -0.258 e. The van der Waals surface area contributed by atoms with Crippen molar-refractivity contribution >= 4 is 22.7 Å². The number of hydrogen-bond donors (Lipinski definition) is 0. The lowest BCUT2D eigenvalue weighted by Gasteiger charge is -1.91. The summed E-state index contributed by atoms with van der Waals surface area (Å²) in [4.78, 5) is 22.0. The van der Waals surface area contributed by atoms with Gasteiger partial charge in [0.2, 0.25) is 0 Å². The van der Waals surface area contributed by atoms with Gasteiger partial charge in [-0.25, -0.2) is 0 Å². The molecule has 1 aromatic heterocycles. The molecule has 0 spiro atoms. The van der Waals surface area contributed by atoms with Crippen LogP contribution in [0.3, 0.4) is 0 Å². The Kier molecular flexibility index (Phi) is 5.27. The fourth-order valence-electron chi connectivity index (χ4n) is 2.07. The highest BCUT2D eigenvalue weighted by Gasteiger charge is 2.03. The molecule has 7 heteroatoms. The van der Waals surface area contributed by atoms with Gasteiger partial charge in [-0.05, 0) is 36.4 Å². The zero-order chi connectivity index (χ0) is 19.2. The number of rotatable bonds is 2. The molecule has 0 N–H and O–H groups in total. The van der Waals surface area contributed by atoms with E-state index >= 15 is 0 Å². The molecule has 130 valence electrons. The summed E-state index contributed by atoms with van der Waals surface area (Å²) in [5.41, 5.74) is 1.43. The van der Waals surface area contributed by atoms with Gasteiger partial charge in [0.1, 0.15) is 0 Å². The highest BCUT2D eigenvalue weighted by atomic mass is 32.1. The fraction of sp³-hybridized carbons (Fsp3) is 0. The molecule has 0 amide bonds. The number of nitrogens with zero attached hydrogens (tertiary/aromatic N) is 2. The largest absolute Gasteiger partial charge is 0.269 e. The van der Waals surface area contributed by atoms with Gasteiger partial charge in [0, 0.05) is 35.4 Å². The minimum absolute atomic E-state index is 0.0282. The zero-order valence-corrected chi connectivity index (χ0v) is 14.5. The molecular weight excluding hydrogens is 364 g/mol. The maximum absolute atomic E-state index is 10.6. The first-order chi connectivity index (χ1) is 13.0. The quantitative estimate of drug-likeness (QED) is 0.379. The molecule has 3 rings (SSSR count). The lowest BCUT2D eigenvalue weighted by molar-refractivity contribution is -0.385. The van der Waals surface area contributed by atoms with E-state index in [2.05, 4.69) is 23.7 Å². The lowest BCUT2D eigenvalue weighted by atomic mass is 10.2. The number of hydrogen-bond acceptors (Lipinski definition) is 5. The van der Waals surface area contributed by atoms with Crippen molar-refractivity contribution in [3.05, 3.63) is 102 Å². The lowest BCUT2D eigenvalue weighted by Crippen LogP contribution is -1.86. The monoisotopic (exact) mass is 374 g/mol. The molecule has 0 aliphatic heterocycles. The third-order valence-electron chi connectivity index (χ3n) is 3.42. The van der Waals surface area contributed by atoms with E-state index in [0.717, 1.165) is 9.75 Å². The van der Waals surface area contributed by atoms with Crippen LogP contribution in [0.5, 0.6) is 0 Å². The first-order valence-corrected chi connectivity index (χ1v) is 8.46. The summed E-state index contributed by atoms with van der Waals surface area (Å²) in [6.07, 6.45) is 0. The van der Waals surface area contributed by atoms with E-state index in [4.69, 9.17) is 0 Å². The Balaban J connectivity index is 1.71.